The molecule has 1 saturated heterocycles. The number of H-pyrrole nitrogens is 1. The van der Waals surface area contributed by atoms with E-state index in [0.717, 1.165) is 12.8 Å². The third-order valence-corrected chi connectivity index (χ3v) is 6.49. The number of hydrogen-bond acceptors (Lipinski definition) is 5. The highest BCUT2D eigenvalue weighted by Crippen LogP contribution is 2.22. The number of likely N-dealkylation sites (tertiary alicyclic amines) is 1. The molecule has 1 aliphatic rings. The van der Waals surface area contributed by atoms with Crippen molar-refractivity contribution in [3.05, 3.63) is 64.4 Å². The molecule has 156 valence electrons. The number of carbonyl (C=O) groups excluding carboxylic acids is 1. The number of benzene rings is 2. The van der Waals surface area contributed by atoms with Crippen LogP contribution in [0.4, 0.5) is 5.69 Å². The second-order valence-electron chi connectivity index (χ2n) is 7.08. The Morgan fingerprint density at radius 3 is 2.63 bits per heavy atom. The second kappa shape index (κ2) is 7.83. The van der Waals surface area contributed by atoms with Gasteiger partial charge in [0.25, 0.3) is 15.9 Å². The summed E-state index contributed by atoms with van der Waals surface area (Å²) >= 11 is 0. The predicted octanol–water partition coefficient (Wildman–Crippen LogP) is 2.57. The molecule has 30 heavy (non-hydrogen) atoms. The van der Waals surface area contributed by atoms with Crippen molar-refractivity contribution in [1.82, 2.24) is 9.88 Å². The van der Waals surface area contributed by atoms with Crippen LogP contribution in [0.5, 0.6) is 5.75 Å². The zero-order valence-corrected chi connectivity index (χ0v) is 17.2. The largest absolute Gasteiger partial charge is 0.497 e. The molecule has 0 bridgehead atoms. The molecule has 2 N–H and O–H groups in total. The molecule has 1 aromatic heterocycles. The Morgan fingerprint density at radius 1 is 1.13 bits per heavy atom. The number of ether oxygens (including phenoxy) is 1. The third kappa shape index (κ3) is 3.76. The van der Waals surface area contributed by atoms with Gasteiger partial charge in [-0.1, -0.05) is 6.07 Å². The molecule has 0 saturated carbocycles. The molecule has 3 aromatic rings. The quantitative estimate of drug-likeness (QED) is 0.651. The molecule has 2 aromatic carbocycles. The van der Waals surface area contributed by atoms with Gasteiger partial charge in [-0.2, -0.15) is 0 Å². The Bertz CT molecular complexity index is 1280. The summed E-state index contributed by atoms with van der Waals surface area (Å²) in [4.78, 5) is 30.1. The molecule has 0 unspecified atom stereocenters. The Kier molecular flexibility index (Phi) is 5.21. The maximum Gasteiger partial charge on any atom is 0.261 e. The lowest BCUT2D eigenvalue weighted by molar-refractivity contribution is 0.0791. The lowest BCUT2D eigenvalue weighted by Crippen LogP contribution is -2.32. The van der Waals surface area contributed by atoms with Gasteiger partial charge < -0.3 is 14.6 Å². The van der Waals surface area contributed by atoms with E-state index in [9.17, 15) is 18.0 Å². The maximum absolute atomic E-state index is 12.9. The van der Waals surface area contributed by atoms with E-state index >= 15 is 0 Å². The van der Waals surface area contributed by atoms with Crippen molar-refractivity contribution in [2.45, 2.75) is 17.7 Å². The van der Waals surface area contributed by atoms with Gasteiger partial charge >= 0.3 is 0 Å². The molecule has 2 heterocycles. The zero-order valence-electron chi connectivity index (χ0n) is 16.3. The Labute approximate surface area is 173 Å². The first-order valence-corrected chi connectivity index (χ1v) is 11.0. The molecular weight excluding hydrogens is 406 g/mol. The van der Waals surface area contributed by atoms with Crippen LogP contribution in [-0.4, -0.2) is 44.4 Å². The first-order chi connectivity index (χ1) is 14.4. The Balaban J connectivity index is 1.71. The van der Waals surface area contributed by atoms with Gasteiger partial charge in [-0.15, -0.1) is 0 Å². The Morgan fingerprint density at radius 2 is 1.90 bits per heavy atom. The summed E-state index contributed by atoms with van der Waals surface area (Å²) in [6.45, 7) is 1.24. The number of hydrogen-bond donors (Lipinski definition) is 2. The molecule has 1 amide bonds. The number of methoxy groups -OCH3 is 1. The van der Waals surface area contributed by atoms with Crippen molar-refractivity contribution in [3.8, 4) is 5.75 Å². The van der Waals surface area contributed by atoms with E-state index in [1.165, 1.54) is 31.5 Å². The van der Waals surface area contributed by atoms with Gasteiger partial charge in [0, 0.05) is 36.3 Å². The van der Waals surface area contributed by atoms with Crippen LogP contribution in [0.2, 0.25) is 0 Å². The van der Waals surface area contributed by atoms with Crippen molar-refractivity contribution < 1.29 is 17.9 Å². The highest BCUT2D eigenvalue weighted by Gasteiger charge is 2.23. The van der Waals surface area contributed by atoms with Crippen LogP contribution in [0.25, 0.3) is 10.9 Å². The summed E-state index contributed by atoms with van der Waals surface area (Å²) in [6.07, 6.45) is 3.22. The fraction of sp³-hybridized carbons (Fsp3) is 0.238. The van der Waals surface area contributed by atoms with Gasteiger partial charge in [0.1, 0.15) is 11.3 Å². The maximum atomic E-state index is 12.9. The lowest BCUT2D eigenvalue weighted by atomic mass is 10.1. The predicted molar refractivity (Wildman–Crippen MR) is 114 cm³/mol. The number of nitrogens with zero attached hydrogens (tertiary/aromatic N) is 1. The molecule has 4 rings (SSSR count). The van der Waals surface area contributed by atoms with Crippen molar-refractivity contribution in [2.75, 3.05) is 24.9 Å². The monoisotopic (exact) mass is 427 g/mol. The Hall–Kier alpha value is -3.33. The number of nitrogens with one attached hydrogen (secondary N) is 2. The minimum absolute atomic E-state index is 0.0136. The number of carbonyl (C=O) groups is 1. The van der Waals surface area contributed by atoms with Gasteiger partial charge in [0.15, 0.2) is 0 Å². The summed E-state index contributed by atoms with van der Waals surface area (Å²) < 4.78 is 33.3. The molecule has 0 atom stereocenters. The molecular formula is C21H21N3O5S. The topological polar surface area (TPSA) is 109 Å². The molecule has 8 nitrogen and oxygen atoms in total. The number of rotatable bonds is 5. The van der Waals surface area contributed by atoms with Crippen LogP contribution < -0.4 is 14.9 Å². The van der Waals surface area contributed by atoms with E-state index < -0.39 is 15.5 Å². The average Bonchev–Trinajstić information content (AvgIpc) is 3.28. The standard InChI is InChI=1S/C21H21N3O5S/c1-29-15-6-4-5-14(11-15)23-30(27,28)16-7-8-19-17(12-16)20(25)18(13-22-19)21(26)24-9-2-3-10-24/h4-8,11-13,23H,2-3,9-10H2,1H3,(H,22,25). The third-order valence-electron chi connectivity index (χ3n) is 5.11. The normalized spacial score (nSPS) is 14.1. The first-order valence-electron chi connectivity index (χ1n) is 9.51. The number of anilines is 1. The molecule has 0 radical (unpaired) electrons. The smallest absolute Gasteiger partial charge is 0.261 e. The van der Waals surface area contributed by atoms with E-state index in [2.05, 4.69) is 9.71 Å². The van der Waals surface area contributed by atoms with E-state index in [0.29, 0.717) is 30.0 Å². The van der Waals surface area contributed by atoms with Gasteiger partial charge in [-0.3, -0.25) is 14.3 Å². The van der Waals surface area contributed by atoms with Gasteiger partial charge in [-0.25, -0.2) is 8.42 Å². The van der Waals surface area contributed by atoms with E-state index in [1.54, 1.807) is 29.2 Å². The number of aromatic nitrogens is 1. The molecule has 0 spiro atoms. The SMILES string of the molecule is COc1cccc(NS(=O)(=O)c2ccc3[nH]cc(C(=O)N4CCCC4)c(=O)c3c2)c1. The van der Waals surface area contributed by atoms with Crippen molar-refractivity contribution in [1.29, 1.82) is 0 Å². The van der Waals surface area contributed by atoms with E-state index in [1.807, 2.05) is 0 Å². The molecule has 1 aliphatic heterocycles. The van der Waals surface area contributed by atoms with Crippen molar-refractivity contribution >= 4 is 32.5 Å². The minimum Gasteiger partial charge on any atom is -0.497 e. The minimum atomic E-state index is -3.95. The lowest BCUT2D eigenvalue weighted by Gasteiger charge is -2.15. The molecule has 0 aliphatic carbocycles. The highest BCUT2D eigenvalue weighted by molar-refractivity contribution is 7.92. The number of sulfonamides is 1. The second-order valence-corrected chi connectivity index (χ2v) is 8.76. The van der Waals surface area contributed by atoms with Crippen LogP contribution in [0.15, 0.2) is 58.4 Å². The van der Waals surface area contributed by atoms with Crippen LogP contribution >= 0.6 is 0 Å². The molecule has 9 heteroatoms. The van der Waals surface area contributed by atoms with E-state index in [4.69, 9.17) is 4.74 Å². The highest BCUT2D eigenvalue weighted by atomic mass is 32.2. The first kappa shape index (κ1) is 20.0. The van der Waals surface area contributed by atoms with Crippen LogP contribution in [-0.2, 0) is 10.0 Å². The fourth-order valence-corrected chi connectivity index (χ4v) is 4.59. The summed E-state index contributed by atoms with van der Waals surface area (Å²) in [6, 6.07) is 10.7. The number of aromatic amines is 1. The summed E-state index contributed by atoms with van der Waals surface area (Å²) in [5.74, 6) is 0.175. The van der Waals surface area contributed by atoms with Gasteiger partial charge in [0.05, 0.1) is 17.7 Å². The van der Waals surface area contributed by atoms with Crippen LogP contribution in [0, 0.1) is 0 Å². The van der Waals surface area contributed by atoms with Gasteiger partial charge in [0.2, 0.25) is 5.43 Å². The molecule has 1 fully saturated rings. The van der Waals surface area contributed by atoms with Gasteiger partial charge in [-0.05, 0) is 43.2 Å². The number of pyridine rings is 1. The number of amides is 1. The summed E-state index contributed by atoms with van der Waals surface area (Å²) in [5.41, 5.74) is 0.318. The summed E-state index contributed by atoms with van der Waals surface area (Å²) in [5, 5.41) is 0.147. The van der Waals surface area contributed by atoms with E-state index in [-0.39, 0.29) is 21.8 Å². The van der Waals surface area contributed by atoms with Crippen LogP contribution in [0.1, 0.15) is 23.2 Å². The summed E-state index contributed by atoms with van der Waals surface area (Å²) in [7, 11) is -2.46. The van der Waals surface area contributed by atoms with Crippen LogP contribution in [0.3, 0.4) is 0 Å². The fourth-order valence-electron chi connectivity index (χ4n) is 3.51. The van der Waals surface area contributed by atoms with Crippen molar-refractivity contribution in [2.24, 2.45) is 0 Å². The average molecular weight is 427 g/mol. The van der Waals surface area contributed by atoms with Crippen molar-refractivity contribution in [3.63, 3.8) is 0 Å². The number of fused-ring (bicyclic) bond motifs is 1. The zero-order chi connectivity index (χ0) is 21.3.